The normalized spacial score (nSPS) is 17.0. The number of piperidine rings is 1. The van der Waals surface area contributed by atoms with Gasteiger partial charge in [-0.1, -0.05) is 30.0 Å². The number of rotatable bonds is 5. The van der Waals surface area contributed by atoms with Crippen molar-refractivity contribution in [3.05, 3.63) is 42.7 Å². The average molecular weight is 396 g/mol. The number of nitrogens with two attached hydrogens (primary N) is 1. The Morgan fingerprint density at radius 2 is 2.07 bits per heavy atom. The van der Waals surface area contributed by atoms with Crippen LogP contribution in [0.3, 0.4) is 0 Å². The van der Waals surface area contributed by atoms with Crippen molar-refractivity contribution in [2.75, 3.05) is 18.8 Å². The molecule has 1 aromatic carbocycles. The highest BCUT2D eigenvalue weighted by molar-refractivity contribution is 8.00. The number of aromatic nitrogens is 2. The molecule has 3 aromatic rings. The highest BCUT2D eigenvalue weighted by atomic mass is 32.2. The van der Waals surface area contributed by atoms with Crippen molar-refractivity contribution in [2.24, 2.45) is 11.7 Å². The number of nitrogens with zero attached hydrogens (tertiary/aromatic N) is 3. The lowest BCUT2D eigenvalue weighted by molar-refractivity contribution is -0.132. The highest BCUT2D eigenvalue weighted by Crippen LogP contribution is 2.29. The van der Waals surface area contributed by atoms with Crippen LogP contribution in [0.1, 0.15) is 12.8 Å². The van der Waals surface area contributed by atoms with Gasteiger partial charge in [-0.3, -0.25) is 9.59 Å². The fourth-order valence-electron chi connectivity index (χ4n) is 3.33. The van der Waals surface area contributed by atoms with Crippen molar-refractivity contribution in [3.63, 3.8) is 0 Å². The molecule has 1 unspecified atom stereocenters. The number of hydrogen-bond donors (Lipinski definition) is 1. The van der Waals surface area contributed by atoms with Gasteiger partial charge >= 0.3 is 0 Å². The number of para-hydroxylation sites is 1. The molecule has 0 saturated carbocycles. The van der Waals surface area contributed by atoms with Crippen LogP contribution in [0.4, 0.5) is 0 Å². The molecule has 144 valence electrons. The number of carbonyl (C=O) groups is 2. The third kappa shape index (κ3) is 3.87. The summed E-state index contributed by atoms with van der Waals surface area (Å²) in [6.45, 7) is 1.06. The number of likely N-dealkylation sites (tertiary alicyclic amines) is 1. The van der Waals surface area contributed by atoms with Crippen LogP contribution in [0.25, 0.3) is 22.5 Å². The molecule has 0 aliphatic carbocycles. The SMILES string of the molecule is NC(=O)C1CCCN(C(=O)CSc2nc(-c3ccco3)nc3ccccc23)C1. The Labute approximate surface area is 166 Å². The zero-order chi connectivity index (χ0) is 19.5. The van der Waals surface area contributed by atoms with E-state index in [2.05, 4.69) is 9.97 Å². The number of thioether (sulfide) groups is 1. The minimum Gasteiger partial charge on any atom is -0.461 e. The van der Waals surface area contributed by atoms with Crippen LogP contribution in [0.2, 0.25) is 0 Å². The van der Waals surface area contributed by atoms with Crippen LogP contribution in [-0.2, 0) is 9.59 Å². The molecule has 4 rings (SSSR count). The number of hydrogen-bond acceptors (Lipinski definition) is 6. The van der Waals surface area contributed by atoms with Crippen molar-refractivity contribution >= 4 is 34.5 Å². The van der Waals surface area contributed by atoms with E-state index in [1.54, 1.807) is 23.3 Å². The Kier molecular flexibility index (Phi) is 5.29. The number of furan rings is 1. The van der Waals surface area contributed by atoms with E-state index < -0.39 is 0 Å². The first-order chi connectivity index (χ1) is 13.6. The Balaban J connectivity index is 1.54. The summed E-state index contributed by atoms with van der Waals surface area (Å²) >= 11 is 1.37. The van der Waals surface area contributed by atoms with Crippen LogP contribution >= 0.6 is 11.8 Å². The second-order valence-corrected chi connectivity index (χ2v) is 7.68. The van der Waals surface area contributed by atoms with Gasteiger partial charge in [0.1, 0.15) is 5.03 Å². The molecule has 1 atom stereocenters. The summed E-state index contributed by atoms with van der Waals surface area (Å²) in [4.78, 5) is 35.0. The zero-order valence-electron chi connectivity index (χ0n) is 15.2. The van der Waals surface area contributed by atoms with Gasteiger partial charge in [0.15, 0.2) is 11.6 Å². The lowest BCUT2D eigenvalue weighted by atomic mass is 9.97. The topological polar surface area (TPSA) is 102 Å². The third-order valence-electron chi connectivity index (χ3n) is 4.82. The predicted octanol–water partition coefficient (Wildman–Crippen LogP) is 2.71. The monoisotopic (exact) mass is 396 g/mol. The number of carbonyl (C=O) groups excluding carboxylic acids is 2. The van der Waals surface area contributed by atoms with Crippen molar-refractivity contribution in [3.8, 4) is 11.6 Å². The van der Waals surface area contributed by atoms with Gasteiger partial charge in [0.2, 0.25) is 11.8 Å². The lowest BCUT2D eigenvalue weighted by Gasteiger charge is -2.31. The molecule has 0 bridgehead atoms. The Hall–Kier alpha value is -2.87. The maximum absolute atomic E-state index is 12.7. The van der Waals surface area contributed by atoms with Crippen LogP contribution in [0.15, 0.2) is 52.1 Å². The van der Waals surface area contributed by atoms with Crippen molar-refractivity contribution in [2.45, 2.75) is 17.9 Å². The summed E-state index contributed by atoms with van der Waals surface area (Å²) in [6, 6.07) is 11.3. The number of primary amides is 1. The number of amides is 2. The van der Waals surface area contributed by atoms with Crippen LogP contribution < -0.4 is 5.73 Å². The van der Waals surface area contributed by atoms with E-state index in [1.807, 2.05) is 24.3 Å². The molecule has 1 aliphatic heterocycles. The molecule has 1 aliphatic rings. The van der Waals surface area contributed by atoms with Crippen LogP contribution in [0, 0.1) is 5.92 Å². The van der Waals surface area contributed by atoms with Gasteiger partial charge in [-0.2, -0.15) is 0 Å². The van der Waals surface area contributed by atoms with E-state index in [-0.39, 0.29) is 23.5 Å². The summed E-state index contributed by atoms with van der Waals surface area (Å²) in [6.07, 6.45) is 3.12. The third-order valence-corrected chi connectivity index (χ3v) is 5.79. The number of benzene rings is 1. The fraction of sp³-hybridized carbons (Fsp3) is 0.300. The van der Waals surface area contributed by atoms with Gasteiger partial charge in [-0.25, -0.2) is 9.97 Å². The maximum atomic E-state index is 12.7. The molecule has 28 heavy (non-hydrogen) atoms. The standard InChI is InChI=1S/C20H20N4O3S/c21-18(26)13-5-3-9-24(11-13)17(25)12-28-20-14-6-1-2-7-15(14)22-19(23-20)16-8-4-10-27-16/h1-2,4,6-8,10,13H,3,5,9,11-12H2,(H2,21,26). The van der Waals surface area contributed by atoms with E-state index in [9.17, 15) is 9.59 Å². The summed E-state index contributed by atoms with van der Waals surface area (Å²) < 4.78 is 5.43. The Morgan fingerprint density at radius 3 is 2.86 bits per heavy atom. The zero-order valence-corrected chi connectivity index (χ0v) is 16.0. The van der Waals surface area contributed by atoms with Gasteiger partial charge in [-0.05, 0) is 31.0 Å². The number of fused-ring (bicyclic) bond motifs is 1. The fourth-order valence-corrected chi connectivity index (χ4v) is 4.25. The quantitative estimate of drug-likeness (QED) is 0.525. The molecular weight excluding hydrogens is 376 g/mol. The lowest BCUT2D eigenvalue weighted by Crippen LogP contribution is -2.44. The van der Waals surface area contributed by atoms with E-state index in [0.29, 0.717) is 24.7 Å². The first-order valence-electron chi connectivity index (χ1n) is 9.12. The predicted molar refractivity (Wildman–Crippen MR) is 106 cm³/mol. The molecule has 1 fully saturated rings. The van der Waals surface area contributed by atoms with Gasteiger partial charge < -0.3 is 15.1 Å². The first-order valence-corrected chi connectivity index (χ1v) is 10.1. The summed E-state index contributed by atoms with van der Waals surface area (Å²) in [7, 11) is 0. The minimum absolute atomic E-state index is 0.0156. The van der Waals surface area contributed by atoms with E-state index in [0.717, 1.165) is 28.8 Å². The van der Waals surface area contributed by atoms with Gasteiger partial charge in [0, 0.05) is 18.5 Å². The summed E-state index contributed by atoms with van der Waals surface area (Å²) in [5.41, 5.74) is 6.21. The van der Waals surface area contributed by atoms with Gasteiger partial charge in [0.05, 0.1) is 23.5 Å². The molecular formula is C20H20N4O3S. The molecule has 0 spiro atoms. The molecule has 8 heteroatoms. The molecule has 2 amide bonds. The molecule has 0 radical (unpaired) electrons. The molecule has 2 N–H and O–H groups in total. The van der Waals surface area contributed by atoms with E-state index in [4.69, 9.17) is 10.2 Å². The van der Waals surface area contributed by atoms with Crippen molar-refractivity contribution in [1.82, 2.24) is 14.9 Å². The summed E-state index contributed by atoms with van der Waals surface area (Å²) in [5, 5.41) is 1.62. The van der Waals surface area contributed by atoms with Gasteiger partial charge in [-0.15, -0.1) is 0 Å². The largest absolute Gasteiger partial charge is 0.461 e. The second-order valence-electron chi connectivity index (χ2n) is 6.72. The van der Waals surface area contributed by atoms with E-state index >= 15 is 0 Å². The Morgan fingerprint density at radius 1 is 1.21 bits per heavy atom. The van der Waals surface area contributed by atoms with E-state index in [1.165, 1.54) is 11.8 Å². The smallest absolute Gasteiger partial charge is 0.233 e. The minimum atomic E-state index is -0.338. The first kappa shape index (κ1) is 18.5. The second kappa shape index (κ2) is 8.02. The van der Waals surface area contributed by atoms with Crippen LogP contribution in [-0.4, -0.2) is 45.5 Å². The maximum Gasteiger partial charge on any atom is 0.233 e. The van der Waals surface area contributed by atoms with Crippen LogP contribution in [0.5, 0.6) is 0 Å². The summed E-state index contributed by atoms with van der Waals surface area (Å²) in [5.74, 6) is 0.704. The molecule has 1 saturated heterocycles. The molecule has 7 nitrogen and oxygen atoms in total. The molecule has 3 heterocycles. The van der Waals surface area contributed by atoms with Crippen molar-refractivity contribution < 1.29 is 14.0 Å². The van der Waals surface area contributed by atoms with Gasteiger partial charge in [0.25, 0.3) is 0 Å². The molecule has 2 aromatic heterocycles. The highest BCUT2D eigenvalue weighted by Gasteiger charge is 2.27. The van der Waals surface area contributed by atoms with Crippen molar-refractivity contribution in [1.29, 1.82) is 0 Å². The Bertz CT molecular complexity index is 1010. The average Bonchev–Trinajstić information content (AvgIpc) is 3.26.